The molecule has 0 aliphatic rings. The summed E-state index contributed by atoms with van der Waals surface area (Å²) >= 11 is 0. The number of hydrogen-bond donors (Lipinski definition) is 1. The molecule has 0 atom stereocenters. The second-order valence-corrected chi connectivity index (χ2v) is 4.16. The van der Waals surface area contributed by atoms with Crippen LogP contribution in [0.1, 0.15) is 0 Å². The lowest BCUT2D eigenvalue weighted by molar-refractivity contribution is -0.376. The average molecular weight is 220 g/mol. The van der Waals surface area contributed by atoms with E-state index in [1.165, 1.54) is 16.2 Å². The molecule has 4 aromatic rings. The third-order valence-corrected chi connectivity index (χ3v) is 3.18. The molecule has 1 aromatic carbocycles. The normalized spacial score (nSPS) is 11.5. The molecule has 3 nitrogen and oxygen atoms in total. The first kappa shape index (κ1) is 8.70. The van der Waals surface area contributed by atoms with Crippen molar-refractivity contribution in [1.82, 2.24) is 9.97 Å². The van der Waals surface area contributed by atoms with Crippen molar-refractivity contribution >= 4 is 32.7 Å². The van der Waals surface area contributed by atoms with Crippen molar-refractivity contribution in [3.63, 3.8) is 0 Å². The van der Waals surface area contributed by atoms with Crippen molar-refractivity contribution in [2.75, 3.05) is 0 Å². The molecule has 0 aliphatic heterocycles. The molecule has 0 spiro atoms. The number of aromatic nitrogens is 3. The Hall–Kier alpha value is -2.42. The smallest absolute Gasteiger partial charge is 0.193 e. The average Bonchev–Trinajstić information content (AvgIpc) is 2.77. The van der Waals surface area contributed by atoms with E-state index < -0.39 is 0 Å². The highest BCUT2D eigenvalue weighted by atomic mass is 14.8. The van der Waals surface area contributed by atoms with E-state index in [9.17, 15) is 0 Å². The molecule has 0 fully saturated rings. The summed E-state index contributed by atoms with van der Waals surface area (Å²) in [4.78, 5) is 10.9. The monoisotopic (exact) mass is 220 g/mol. The van der Waals surface area contributed by atoms with Crippen LogP contribution in [-0.2, 0) is 0 Å². The number of nitrogens with one attached hydrogen (secondary N) is 2. The van der Waals surface area contributed by atoms with E-state index in [4.69, 9.17) is 0 Å². The van der Waals surface area contributed by atoms with Gasteiger partial charge >= 0.3 is 0 Å². The van der Waals surface area contributed by atoms with Gasteiger partial charge in [-0.15, -0.1) is 0 Å². The molecule has 0 saturated carbocycles. The third kappa shape index (κ3) is 1.11. The SMILES string of the molecule is c1ccc2c(c1)[nH]c1cnc3c[nH+]ccc3c12. The molecule has 80 valence electrons. The van der Waals surface area contributed by atoms with Crippen LogP contribution in [0, 0.1) is 0 Å². The van der Waals surface area contributed by atoms with Gasteiger partial charge < -0.3 is 4.98 Å². The van der Waals surface area contributed by atoms with Crippen LogP contribution >= 0.6 is 0 Å². The lowest BCUT2D eigenvalue weighted by Crippen LogP contribution is -1.98. The molecule has 17 heavy (non-hydrogen) atoms. The van der Waals surface area contributed by atoms with Gasteiger partial charge in [-0.25, -0.2) is 9.97 Å². The van der Waals surface area contributed by atoms with Crippen LogP contribution < -0.4 is 4.98 Å². The summed E-state index contributed by atoms with van der Waals surface area (Å²) in [6.07, 6.45) is 5.76. The van der Waals surface area contributed by atoms with Gasteiger partial charge in [-0.1, -0.05) is 18.2 Å². The Morgan fingerprint density at radius 1 is 1.00 bits per heavy atom. The lowest BCUT2D eigenvalue weighted by atomic mass is 10.1. The standard InChI is InChI=1S/C14H9N3/c1-2-4-11-9(3-1)14-10-5-6-15-7-12(10)16-8-13(14)17-11/h1-8,17H/p+1. The fourth-order valence-electron chi connectivity index (χ4n) is 2.42. The van der Waals surface area contributed by atoms with Crippen LogP contribution in [-0.4, -0.2) is 9.97 Å². The molecule has 0 bridgehead atoms. The van der Waals surface area contributed by atoms with Crippen LogP contribution in [0.3, 0.4) is 0 Å². The first-order valence-electron chi connectivity index (χ1n) is 5.59. The number of rotatable bonds is 0. The molecule has 0 unspecified atom stereocenters. The predicted molar refractivity (Wildman–Crippen MR) is 67.7 cm³/mol. The number of nitrogens with zero attached hydrogens (tertiary/aromatic N) is 1. The maximum Gasteiger partial charge on any atom is 0.193 e. The molecule has 0 radical (unpaired) electrons. The summed E-state index contributed by atoms with van der Waals surface area (Å²) in [7, 11) is 0. The first-order chi connectivity index (χ1) is 8.43. The van der Waals surface area contributed by atoms with Crippen molar-refractivity contribution in [2.24, 2.45) is 0 Å². The van der Waals surface area contributed by atoms with Crippen LogP contribution in [0.4, 0.5) is 0 Å². The van der Waals surface area contributed by atoms with Crippen LogP contribution in [0.5, 0.6) is 0 Å². The second kappa shape index (κ2) is 3.04. The van der Waals surface area contributed by atoms with E-state index in [2.05, 4.69) is 39.2 Å². The molecule has 4 rings (SSSR count). The van der Waals surface area contributed by atoms with E-state index in [0.717, 1.165) is 16.6 Å². The van der Waals surface area contributed by atoms with E-state index in [0.29, 0.717) is 0 Å². The van der Waals surface area contributed by atoms with Crippen molar-refractivity contribution in [3.8, 4) is 0 Å². The Morgan fingerprint density at radius 3 is 2.94 bits per heavy atom. The molecule has 3 heterocycles. The molecule has 0 amide bonds. The van der Waals surface area contributed by atoms with E-state index in [1.54, 1.807) is 0 Å². The number of benzene rings is 1. The van der Waals surface area contributed by atoms with Crippen molar-refractivity contribution < 1.29 is 4.98 Å². The zero-order valence-electron chi connectivity index (χ0n) is 9.07. The van der Waals surface area contributed by atoms with E-state index >= 15 is 0 Å². The van der Waals surface area contributed by atoms with Gasteiger partial charge in [-0.3, -0.25) is 0 Å². The van der Waals surface area contributed by atoms with Gasteiger partial charge in [0, 0.05) is 27.7 Å². The number of fused-ring (bicyclic) bond motifs is 5. The summed E-state index contributed by atoms with van der Waals surface area (Å²) in [5.41, 5.74) is 3.24. The molecule has 2 N–H and O–H groups in total. The number of hydrogen-bond acceptors (Lipinski definition) is 1. The number of para-hydroxylation sites is 1. The van der Waals surface area contributed by atoms with Gasteiger partial charge in [0.05, 0.1) is 11.7 Å². The lowest BCUT2D eigenvalue weighted by Gasteiger charge is -1.95. The minimum absolute atomic E-state index is 0.991. The topological polar surface area (TPSA) is 42.8 Å². The van der Waals surface area contributed by atoms with Gasteiger partial charge in [0.25, 0.3) is 0 Å². The van der Waals surface area contributed by atoms with Gasteiger partial charge in [0.1, 0.15) is 5.52 Å². The van der Waals surface area contributed by atoms with Crippen molar-refractivity contribution in [2.45, 2.75) is 0 Å². The Bertz CT molecular complexity index is 840. The number of aromatic amines is 2. The zero-order valence-corrected chi connectivity index (χ0v) is 9.07. The number of H-pyrrole nitrogens is 2. The minimum Gasteiger partial charge on any atom is -0.353 e. The molecule has 0 saturated heterocycles. The van der Waals surface area contributed by atoms with Crippen molar-refractivity contribution in [1.29, 1.82) is 0 Å². The van der Waals surface area contributed by atoms with Crippen LogP contribution in [0.2, 0.25) is 0 Å². The Balaban J connectivity index is 2.38. The molecule has 0 aliphatic carbocycles. The maximum absolute atomic E-state index is 4.44. The van der Waals surface area contributed by atoms with Crippen LogP contribution in [0.15, 0.2) is 48.9 Å². The largest absolute Gasteiger partial charge is 0.353 e. The van der Waals surface area contributed by atoms with Crippen LogP contribution in [0.25, 0.3) is 32.7 Å². The summed E-state index contributed by atoms with van der Waals surface area (Å²) in [6, 6.07) is 10.4. The first-order valence-corrected chi connectivity index (χ1v) is 5.59. The zero-order chi connectivity index (χ0) is 11.2. The van der Waals surface area contributed by atoms with E-state index in [1.807, 2.05) is 24.7 Å². The van der Waals surface area contributed by atoms with Gasteiger partial charge in [-0.2, -0.15) is 0 Å². The highest BCUT2D eigenvalue weighted by molar-refractivity contribution is 6.18. The highest BCUT2D eigenvalue weighted by Crippen LogP contribution is 2.29. The molecule has 3 aromatic heterocycles. The van der Waals surface area contributed by atoms with Gasteiger partial charge in [0.15, 0.2) is 12.4 Å². The Kier molecular flexibility index (Phi) is 1.56. The summed E-state index contributed by atoms with van der Waals surface area (Å²) in [5, 5.41) is 3.68. The molecular weight excluding hydrogens is 210 g/mol. The fourth-order valence-corrected chi connectivity index (χ4v) is 2.42. The predicted octanol–water partition coefficient (Wildman–Crippen LogP) is 2.68. The maximum atomic E-state index is 4.44. The summed E-state index contributed by atoms with van der Waals surface area (Å²) in [5.74, 6) is 0. The summed E-state index contributed by atoms with van der Waals surface area (Å²) in [6.45, 7) is 0. The Morgan fingerprint density at radius 2 is 1.94 bits per heavy atom. The quantitative estimate of drug-likeness (QED) is 0.486. The van der Waals surface area contributed by atoms with Gasteiger partial charge in [0.2, 0.25) is 0 Å². The Labute approximate surface area is 97.1 Å². The molecular formula is C14H10N3+. The summed E-state index contributed by atoms with van der Waals surface area (Å²) < 4.78 is 0. The fraction of sp³-hybridized carbons (Fsp3) is 0. The minimum atomic E-state index is 0.991. The van der Waals surface area contributed by atoms with E-state index in [-0.39, 0.29) is 0 Å². The number of pyridine rings is 2. The highest BCUT2D eigenvalue weighted by Gasteiger charge is 2.09. The van der Waals surface area contributed by atoms with Gasteiger partial charge in [-0.05, 0) is 6.07 Å². The molecule has 3 heteroatoms. The second-order valence-electron chi connectivity index (χ2n) is 4.16. The third-order valence-electron chi connectivity index (χ3n) is 3.18. The van der Waals surface area contributed by atoms with Crippen molar-refractivity contribution in [3.05, 3.63) is 48.9 Å².